The number of rotatable bonds is 4. The highest BCUT2D eigenvalue weighted by Crippen LogP contribution is 2.19. The van der Waals surface area contributed by atoms with Crippen LogP contribution < -0.4 is 5.32 Å². The molecule has 0 radical (unpaired) electrons. The molecule has 1 atom stereocenters. The van der Waals surface area contributed by atoms with E-state index < -0.39 is 0 Å². The van der Waals surface area contributed by atoms with Gasteiger partial charge in [-0.25, -0.2) is 0 Å². The van der Waals surface area contributed by atoms with Crippen LogP contribution in [0.5, 0.6) is 0 Å². The van der Waals surface area contributed by atoms with Gasteiger partial charge in [-0.1, -0.05) is 24.3 Å². The maximum absolute atomic E-state index is 12.1. The molecule has 1 aromatic carbocycles. The lowest BCUT2D eigenvalue weighted by molar-refractivity contribution is 0.0932. The van der Waals surface area contributed by atoms with Crippen molar-refractivity contribution < 1.29 is 4.79 Å². The van der Waals surface area contributed by atoms with Gasteiger partial charge < -0.3 is 5.32 Å². The van der Waals surface area contributed by atoms with E-state index in [0.29, 0.717) is 18.2 Å². The van der Waals surface area contributed by atoms with Gasteiger partial charge in [0.1, 0.15) is 0 Å². The minimum Gasteiger partial charge on any atom is -0.350 e. The molecule has 1 N–H and O–H groups in total. The molecule has 1 aliphatic heterocycles. The molecule has 3 rings (SSSR count). The number of pyridine rings is 1. The lowest BCUT2D eigenvalue weighted by Gasteiger charge is -2.33. The third kappa shape index (κ3) is 3.34. The zero-order valence-electron chi connectivity index (χ0n) is 12.8. The second kappa shape index (κ2) is 6.71. The van der Waals surface area contributed by atoms with Crippen LogP contribution in [0.15, 0.2) is 48.8 Å². The quantitative estimate of drug-likeness (QED) is 0.941. The summed E-state index contributed by atoms with van der Waals surface area (Å²) in [5.41, 5.74) is 3.51. The van der Waals surface area contributed by atoms with E-state index >= 15 is 0 Å². The molecule has 2 aromatic rings. The third-order valence-corrected chi connectivity index (χ3v) is 4.28. The fourth-order valence-electron chi connectivity index (χ4n) is 2.87. The van der Waals surface area contributed by atoms with Crippen LogP contribution in [0.3, 0.4) is 0 Å². The molecule has 1 aliphatic rings. The summed E-state index contributed by atoms with van der Waals surface area (Å²) in [6.45, 7) is 4.83. The van der Waals surface area contributed by atoms with E-state index in [4.69, 9.17) is 0 Å². The first-order valence-electron chi connectivity index (χ1n) is 7.73. The molecule has 0 spiro atoms. The molecule has 22 heavy (non-hydrogen) atoms. The molecule has 2 heterocycles. The molecule has 1 aromatic heterocycles. The summed E-state index contributed by atoms with van der Waals surface area (Å²) >= 11 is 0. The minimum atomic E-state index is -0.0355. The average molecular weight is 295 g/mol. The molecule has 0 saturated carbocycles. The number of benzene rings is 1. The first kappa shape index (κ1) is 14.7. The Labute approximate surface area is 131 Å². The number of carbonyl (C=O) groups excluding carboxylic acids is 1. The number of aromatic nitrogens is 1. The molecule has 114 valence electrons. The summed E-state index contributed by atoms with van der Waals surface area (Å²) in [5.74, 6) is -0.0355. The smallest absolute Gasteiger partial charge is 0.251 e. The molecule has 0 saturated heterocycles. The van der Waals surface area contributed by atoms with Crippen LogP contribution in [-0.4, -0.2) is 34.9 Å². The summed E-state index contributed by atoms with van der Waals surface area (Å²) < 4.78 is 0. The molecule has 0 fully saturated rings. The number of carbonyl (C=O) groups is 1. The Morgan fingerprint density at radius 2 is 1.95 bits per heavy atom. The monoisotopic (exact) mass is 295 g/mol. The maximum atomic E-state index is 12.1. The van der Waals surface area contributed by atoms with Gasteiger partial charge in [0, 0.05) is 43.6 Å². The fraction of sp³-hybridized carbons (Fsp3) is 0.333. The number of amides is 1. The SMILES string of the molecule is CC(CNC(=O)c1ccncc1)N1CCc2ccccc2C1. The van der Waals surface area contributed by atoms with Gasteiger partial charge in [0.2, 0.25) is 0 Å². The Kier molecular flexibility index (Phi) is 4.49. The lowest BCUT2D eigenvalue weighted by atomic mass is 9.99. The van der Waals surface area contributed by atoms with Gasteiger partial charge in [0.15, 0.2) is 0 Å². The normalized spacial score (nSPS) is 15.9. The average Bonchev–Trinajstić information content (AvgIpc) is 2.59. The van der Waals surface area contributed by atoms with Crippen molar-refractivity contribution in [1.29, 1.82) is 0 Å². The Morgan fingerprint density at radius 3 is 2.73 bits per heavy atom. The van der Waals surface area contributed by atoms with E-state index in [2.05, 4.69) is 46.4 Å². The Bertz CT molecular complexity index is 642. The van der Waals surface area contributed by atoms with Gasteiger partial charge in [0.25, 0.3) is 5.91 Å². The van der Waals surface area contributed by atoms with E-state index in [1.54, 1.807) is 24.5 Å². The molecule has 0 aliphatic carbocycles. The van der Waals surface area contributed by atoms with Gasteiger partial charge >= 0.3 is 0 Å². The molecular formula is C18H21N3O. The van der Waals surface area contributed by atoms with E-state index in [-0.39, 0.29) is 5.91 Å². The summed E-state index contributed by atoms with van der Waals surface area (Å²) in [5, 5.41) is 3.01. The Balaban J connectivity index is 1.55. The lowest BCUT2D eigenvalue weighted by Crippen LogP contribution is -2.44. The van der Waals surface area contributed by atoms with E-state index in [1.807, 2.05) is 0 Å². The highest BCUT2D eigenvalue weighted by molar-refractivity contribution is 5.93. The predicted molar refractivity (Wildman–Crippen MR) is 86.6 cm³/mol. The number of hydrogen-bond donors (Lipinski definition) is 1. The summed E-state index contributed by atoms with van der Waals surface area (Å²) in [6.07, 6.45) is 4.36. The molecule has 4 nitrogen and oxygen atoms in total. The molecule has 1 amide bonds. The number of nitrogens with zero attached hydrogens (tertiary/aromatic N) is 2. The Hall–Kier alpha value is -2.20. The van der Waals surface area contributed by atoms with Crippen LogP contribution in [0.2, 0.25) is 0 Å². The van der Waals surface area contributed by atoms with Crippen molar-refractivity contribution in [1.82, 2.24) is 15.2 Å². The van der Waals surface area contributed by atoms with Crippen molar-refractivity contribution in [3.8, 4) is 0 Å². The summed E-state index contributed by atoms with van der Waals surface area (Å²) in [7, 11) is 0. The second-order valence-electron chi connectivity index (χ2n) is 5.78. The minimum absolute atomic E-state index is 0.0355. The van der Waals surface area contributed by atoms with Crippen molar-refractivity contribution in [2.75, 3.05) is 13.1 Å². The number of hydrogen-bond acceptors (Lipinski definition) is 3. The fourth-order valence-corrected chi connectivity index (χ4v) is 2.87. The van der Waals surface area contributed by atoms with Crippen LogP contribution >= 0.6 is 0 Å². The van der Waals surface area contributed by atoms with Crippen LogP contribution in [0, 0.1) is 0 Å². The van der Waals surface area contributed by atoms with Crippen LogP contribution in [-0.2, 0) is 13.0 Å². The molecule has 0 bridgehead atoms. The van der Waals surface area contributed by atoms with Gasteiger partial charge in [-0.15, -0.1) is 0 Å². The topological polar surface area (TPSA) is 45.2 Å². The Morgan fingerprint density at radius 1 is 1.23 bits per heavy atom. The molecular weight excluding hydrogens is 274 g/mol. The van der Waals surface area contributed by atoms with Crippen molar-refractivity contribution >= 4 is 5.91 Å². The summed E-state index contributed by atoms with van der Waals surface area (Å²) in [6, 6.07) is 12.4. The highest BCUT2D eigenvalue weighted by atomic mass is 16.1. The molecule has 4 heteroatoms. The van der Waals surface area contributed by atoms with Crippen molar-refractivity contribution in [3.05, 3.63) is 65.5 Å². The van der Waals surface area contributed by atoms with Gasteiger partial charge in [-0.3, -0.25) is 14.7 Å². The van der Waals surface area contributed by atoms with Crippen LogP contribution in [0.4, 0.5) is 0 Å². The van der Waals surface area contributed by atoms with Gasteiger partial charge in [-0.05, 0) is 36.6 Å². The maximum Gasteiger partial charge on any atom is 0.251 e. The third-order valence-electron chi connectivity index (χ3n) is 4.28. The summed E-state index contributed by atoms with van der Waals surface area (Å²) in [4.78, 5) is 18.4. The standard InChI is InChI=1S/C18H21N3O/c1-14(12-20-18(22)16-6-9-19-10-7-16)21-11-8-15-4-2-3-5-17(15)13-21/h2-7,9-10,14H,8,11-13H2,1H3,(H,20,22). The predicted octanol–water partition coefficient (Wildman–Crippen LogP) is 2.26. The van der Waals surface area contributed by atoms with Crippen molar-refractivity contribution in [2.24, 2.45) is 0 Å². The number of fused-ring (bicyclic) bond motifs is 1. The van der Waals surface area contributed by atoms with E-state index in [1.165, 1.54) is 11.1 Å². The first-order valence-corrected chi connectivity index (χ1v) is 7.73. The van der Waals surface area contributed by atoms with Gasteiger partial charge in [0.05, 0.1) is 0 Å². The van der Waals surface area contributed by atoms with Crippen LogP contribution in [0.1, 0.15) is 28.4 Å². The first-order chi connectivity index (χ1) is 10.7. The zero-order valence-corrected chi connectivity index (χ0v) is 12.8. The van der Waals surface area contributed by atoms with Crippen LogP contribution in [0.25, 0.3) is 0 Å². The van der Waals surface area contributed by atoms with Crippen molar-refractivity contribution in [2.45, 2.75) is 25.9 Å². The van der Waals surface area contributed by atoms with E-state index in [0.717, 1.165) is 19.5 Å². The zero-order chi connectivity index (χ0) is 15.4. The van der Waals surface area contributed by atoms with E-state index in [9.17, 15) is 4.79 Å². The largest absolute Gasteiger partial charge is 0.350 e. The van der Waals surface area contributed by atoms with Gasteiger partial charge in [-0.2, -0.15) is 0 Å². The molecule has 1 unspecified atom stereocenters. The number of nitrogens with one attached hydrogen (secondary N) is 1. The highest BCUT2D eigenvalue weighted by Gasteiger charge is 2.20. The second-order valence-corrected chi connectivity index (χ2v) is 5.78. The van der Waals surface area contributed by atoms with Crippen molar-refractivity contribution in [3.63, 3.8) is 0 Å².